The average molecular weight is 378 g/mol. The molecule has 1 N–H and O–H groups in total. The van der Waals surface area contributed by atoms with Crippen LogP contribution >= 0.6 is 11.6 Å². The lowest BCUT2D eigenvalue weighted by Gasteiger charge is -2.11. The SMILES string of the molecule is CCOc1cc(/C=N/NC(=O)c2ccc([N+](=O)[O-])cc2)cc(Cl)c1OC. The van der Waals surface area contributed by atoms with Gasteiger partial charge in [-0.2, -0.15) is 5.10 Å². The van der Waals surface area contributed by atoms with Gasteiger partial charge in [0.2, 0.25) is 0 Å². The van der Waals surface area contributed by atoms with Crippen LogP contribution in [0.25, 0.3) is 0 Å². The average Bonchev–Trinajstić information content (AvgIpc) is 2.62. The standard InChI is InChI=1S/C17H16ClN3O5/c1-3-26-15-9-11(8-14(18)16(15)25-2)10-19-20-17(22)12-4-6-13(7-5-12)21(23)24/h4-10H,3H2,1-2H3,(H,20,22)/b19-10+. The molecule has 0 unspecified atom stereocenters. The molecule has 2 aromatic rings. The maximum atomic E-state index is 12.0. The molecule has 0 aliphatic rings. The Balaban J connectivity index is 2.09. The molecule has 0 heterocycles. The van der Waals surface area contributed by atoms with Crippen LogP contribution in [-0.2, 0) is 0 Å². The summed E-state index contributed by atoms with van der Waals surface area (Å²) in [4.78, 5) is 22.1. The van der Waals surface area contributed by atoms with E-state index in [0.717, 1.165) is 0 Å². The number of carbonyl (C=O) groups is 1. The van der Waals surface area contributed by atoms with E-state index in [0.29, 0.717) is 28.7 Å². The van der Waals surface area contributed by atoms with Crippen molar-refractivity contribution in [3.05, 3.63) is 62.7 Å². The first-order valence-electron chi connectivity index (χ1n) is 7.54. The van der Waals surface area contributed by atoms with Gasteiger partial charge in [-0.05, 0) is 36.8 Å². The van der Waals surface area contributed by atoms with Crippen LogP contribution in [0.15, 0.2) is 41.5 Å². The highest BCUT2D eigenvalue weighted by Crippen LogP contribution is 2.35. The molecule has 9 heteroatoms. The van der Waals surface area contributed by atoms with E-state index in [-0.39, 0.29) is 11.3 Å². The molecule has 26 heavy (non-hydrogen) atoms. The number of nitro groups is 1. The Labute approximate surface area is 154 Å². The van der Waals surface area contributed by atoms with Crippen molar-refractivity contribution in [1.29, 1.82) is 0 Å². The van der Waals surface area contributed by atoms with Crippen LogP contribution < -0.4 is 14.9 Å². The minimum atomic E-state index is -0.538. The summed E-state index contributed by atoms with van der Waals surface area (Å²) in [5, 5.41) is 14.8. The van der Waals surface area contributed by atoms with Crippen molar-refractivity contribution in [1.82, 2.24) is 5.43 Å². The van der Waals surface area contributed by atoms with Gasteiger partial charge in [-0.15, -0.1) is 0 Å². The van der Waals surface area contributed by atoms with Crippen LogP contribution in [-0.4, -0.2) is 30.8 Å². The van der Waals surface area contributed by atoms with Gasteiger partial charge < -0.3 is 9.47 Å². The van der Waals surface area contributed by atoms with Crippen LogP contribution in [0.2, 0.25) is 5.02 Å². The van der Waals surface area contributed by atoms with Crippen molar-refractivity contribution < 1.29 is 19.2 Å². The number of carbonyl (C=O) groups excluding carboxylic acids is 1. The Bertz CT molecular complexity index is 837. The highest BCUT2D eigenvalue weighted by Gasteiger charge is 2.11. The number of rotatable bonds is 7. The Kier molecular flexibility index (Phi) is 6.51. The maximum absolute atomic E-state index is 12.0. The number of hydrogen-bond acceptors (Lipinski definition) is 6. The molecule has 0 aliphatic carbocycles. The summed E-state index contributed by atoms with van der Waals surface area (Å²) >= 11 is 6.14. The summed E-state index contributed by atoms with van der Waals surface area (Å²) in [6.07, 6.45) is 1.40. The number of halogens is 1. The number of methoxy groups -OCH3 is 1. The zero-order chi connectivity index (χ0) is 19.1. The molecule has 0 radical (unpaired) electrons. The maximum Gasteiger partial charge on any atom is 0.271 e. The zero-order valence-electron chi connectivity index (χ0n) is 14.1. The molecule has 136 valence electrons. The van der Waals surface area contributed by atoms with E-state index in [4.69, 9.17) is 21.1 Å². The second kappa shape index (κ2) is 8.82. The molecule has 1 amide bonds. The van der Waals surface area contributed by atoms with E-state index in [1.165, 1.54) is 37.6 Å². The molecule has 0 aromatic heterocycles. The van der Waals surface area contributed by atoms with Gasteiger partial charge in [0.05, 0.1) is 29.9 Å². The first-order valence-corrected chi connectivity index (χ1v) is 7.92. The molecule has 0 saturated carbocycles. The molecule has 0 atom stereocenters. The van der Waals surface area contributed by atoms with E-state index in [9.17, 15) is 14.9 Å². The minimum absolute atomic E-state index is 0.0959. The number of nitro benzene ring substituents is 1. The Morgan fingerprint density at radius 2 is 2.04 bits per heavy atom. The van der Waals surface area contributed by atoms with E-state index in [2.05, 4.69) is 10.5 Å². The van der Waals surface area contributed by atoms with Crippen molar-refractivity contribution in [3.8, 4) is 11.5 Å². The molecule has 0 aliphatic heterocycles. The fourth-order valence-electron chi connectivity index (χ4n) is 2.09. The zero-order valence-corrected chi connectivity index (χ0v) is 14.8. The Morgan fingerprint density at radius 1 is 1.35 bits per heavy atom. The normalized spacial score (nSPS) is 10.6. The number of nitrogens with one attached hydrogen (secondary N) is 1. The molecule has 8 nitrogen and oxygen atoms in total. The third-order valence-corrected chi connectivity index (χ3v) is 3.54. The van der Waals surface area contributed by atoms with Crippen LogP contribution in [0.4, 0.5) is 5.69 Å². The molecule has 0 fully saturated rings. The summed E-state index contributed by atoms with van der Waals surface area (Å²) in [7, 11) is 1.49. The highest BCUT2D eigenvalue weighted by molar-refractivity contribution is 6.32. The molecular formula is C17H16ClN3O5. The van der Waals surface area contributed by atoms with Crippen molar-refractivity contribution in [2.75, 3.05) is 13.7 Å². The summed E-state index contributed by atoms with van der Waals surface area (Å²) in [5.41, 5.74) is 3.09. The fourth-order valence-corrected chi connectivity index (χ4v) is 2.38. The quantitative estimate of drug-likeness (QED) is 0.452. The van der Waals surface area contributed by atoms with Crippen molar-refractivity contribution >= 4 is 29.4 Å². The lowest BCUT2D eigenvalue weighted by molar-refractivity contribution is -0.384. The number of nitrogens with zero attached hydrogens (tertiary/aromatic N) is 2. The molecule has 2 rings (SSSR count). The van der Waals surface area contributed by atoms with E-state index < -0.39 is 10.8 Å². The van der Waals surface area contributed by atoms with Crippen molar-refractivity contribution in [2.24, 2.45) is 5.10 Å². The van der Waals surface area contributed by atoms with Crippen LogP contribution in [0.3, 0.4) is 0 Å². The Hall–Kier alpha value is -3.13. The molecule has 0 saturated heterocycles. The summed E-state index contributed by atoms with van der Waals surface area (Å²) in [5.74, 6) is 0.381. The third kappa shape index (κ3) is 4.70. The second-order valence-electron chi connectivity index (χ2n) is 4.97. The van der Waals surface area contributed by atoms with Gasteiger partial charge in [-0.1, -0.05) is 11.6 Å². The van der Waals surface area contributed by atoms with Crippen molar-refractivity contribution in [2.45, 2.75) is 6.92 Å². The van der Waals surface area contributed by atoms with Gasteiger partial charge in [0.15, 0.2) is 11.5 Å². The van der Waals surface area contributed by atoms with Crippen LogP contribution in [0.5, 0.6) is 11.5 Å². The monoisotopic (exact) mass is 377 g/mol. The second-order valence-corrected chi connectivity index (χ2v) is 5.38. The fraction of sp³-hybridized carbons (Fsp3) is 0.176. The molecule has 2 aromatic carbocycles. The van der Waals surface area contributed by atoms with E-state index in [1.54, 1.807) is 12.1 Å². The highest BCUT2D eigenvalue weighted by atomic mass is 35.5. The summed E-state index contributed by atoms with van der Waals surface area (Å²) in [6, 6.07) is 8.48. The first-order chi connectivity index (χ1) is 12.5. The lowest BCUT2D eigenvalue weighted by Crippen LogP contribution is -2.17. The van der Waals surface area contributed by atoms with E-state index in [1.807, 2.05) is 6.92 Å². The van der Waals surface area contributed by atoms with Crippen LogP contribution in [0, 0.1) is 10.1 Å². The topological polar surface area (TPSA) is 103 Å². The van der Waals surface area contributed by atoms with Gasteiger partial charge in [-0.3, -0.25) is 14.9 Å². The number of ether oxygens (including phenoxy) is 2. The number of hydrazone groups is 1. The summed E-state index contributed by atoms with van der Waals surface area (Å²) < 4.78 is 10.7. The summed E-state index contributed by atoms with van der Waals surface area (Å²) in [6.45, 7) is 2.27. The minimum Gasteiger partial charge on any atom is -0.491 e. The number of hydrogen-bond donors (Lipinski definition) is 1. The first kappa shape index (κ1) is 19.2. The largest absolute Gasteiger partial charge is 0.491 e. The lowest BCUT2D eigenvalue weighted by atomic mass is 10.2. The smallest absolute Gasteiger partial charge is 0.271 e. The predicted octanol–water partition coefficient (Wildman–Crippen LogP) is 3.42. The molecule has 0 bridgehead atoms. The Morgan fingerprint density at radius 3 is 2.62 bits per heavy atom. The third-order valence-electron chi connectivity index (χ3n) is 3.26. The number of amides is 1. The van der Waals surface area contributed by atoms with E-state index >= 15 is 0 Å². The van der Waals surface area contributed by atoms with Gasteiger partial charge in [0.1, 0.15) is 0 Å². The number of non-ortho nitro benzene ring substituents is 1. The van der Waals surface area contributed by atoms with Gasteiger partial charge in [0.25, 0.3) is 11.6 Å². The molecular weight excluding hydrogens is 362 g/mol. The molecule has 0 spiro atoms. The van der Waals surface area contributed by atoms with Gasteiger partial charge in [0, 0.05) is 17.7 Å². The van der Waals surface area contributed by atoms with Crippen LogP contribution in [0.1, 0.15) is 22.8 Å². The van der Waals surface area contributed by atoms with Gasteiger partial charge in [-0.25, -0.2) is 5.43 Å². The predicted molar refractivity (Wildman–Crippen MR) is 97.3 cm³/mol. The number of benzene rings is 2. The van der Waals surface area contributed by atoms with Crippen molar-refractivity contribution in [3.63, 3.8) is 0 Å². The van der Waals surface area contributed by atoms with Gasteiger partial charge >= 0.3 is 0 Å².